The number of carbonyl (C=O) groups excluding carboxylic acids is 1. The number of hydrogen-bond acceptors (Lipinski definition) is 5. The van der Waals surface area contributed by atoms with Crippen LogP contribution in [0.4, 0.5) is 21.5 Å². The lowest BCUT2D eigenvalue weighted by Gasteiger charge is -2.38. The number of amides is 1. The van der Waals surface area contributed by atoms with E-state index in [2.05, 4.69) is 5.32 Å². The lowest BCUT2D eigenvalue weighted by atomic mass is 10.0. The van der Waals surface area contributed by atoms with Crippen LogP contribution in [0.15, 0.2) is 66.7 Å². The van der Waals surface area contributed by atoms with E-state index in [1.165, 1.54) is 35.2 Å². The Balaban J connectivity index is 1.87. The van der Waals surface area contributed by atoms with Gasteiger partial charge in [0.15, 0.2) is 0 Å². The quantitative estimate of drug-likeness (QED) is 0.555. The van der Waals surface area contributed by atoms with Crippen molar-refractivity contribution in [1.82, 2.24) is 0 Å². The van der Waals surface area contributed by atoms with Crippen LogP contribution in [0.25, 0.3) is 0 Å². The number of hydrogen-bond donors (Lipinski definition) is 1. The number of anilines is 2. The van der Waals surface area contributed by atoms with Gasteiger partial charge in [-0.15, -0.1) is 0 Å². The van der Waals surface area contributed by atoms with Gasteiger partial charge in [0.1, 0.15) is 12.0 Å². The molecule has 0 radical (unpaired) electrons. The zero-order chi connectivity index (χ0) is 19.8. The van der Waals surface area contributed by atoms with Crippen LogP contribution in [0.3, 0.4) is 0 Å². The molecule has 1 aliphatic rings. The van der Waals surface area contributed by atoms with Gasteiger partial charge >= 0.3 is 0 Å². The SMILES string of the molecule is O=C1c2ccccc2N[C@H](c2ccc([O-])c([N+](=O)[O-])c2)N1c1ccc(F)cc1. The molecule has 1 aliphatic heterocycles. The molecule has 1 N–H and O–H groups in total. The number of nitro benzene ring substituents is 1. The van der Waals surface area contributed by atoms with E-state index in [4.69, 9.17) is 0 Å². The summed E-state index contributed by atoms with van der Waals surface area (Å²) in [4.78, 5) is 25.0. The number of benzene rings is 3. The minimum atomic E-state index is -0.813. The van der Waals surface area contributed by atoms with Gasteiger partial charge in [0.2, 0.25) is 0 Å². The molecule has 140 valence electrons. The van der Waals surface area contributed by atoms with Gasteiger partial charge in [0, 0.05) is 23.0 Å². The maximum atomic E-state index is 13.4. The second-order valence-corrected chi connectivity index (χ2v) is 6.23. The van der Waals surface area contributed by atoms with Crippen molar-refractivity contribution in [2.75, 3.05) is 10.2 Å². The Kier molecular flexibility index (Phi) is 4.15. The number of halogens is 1. The molecular weight excluding hydrogens is 365 g/mol. The van der Waals surface area contributed by atoms with Gasteiger partial charge in [-0.2, -0.15) is 0 Å². The fourth-order valence-corrected chi connectivity index (χ4v) is 3.20. The van der Waals surface area contributed by atoms with E-state index in [0.717, 1.165) is 12.1 Å². The minimum absolute atomic E-state index is 0.347. The maximum Gasteiger partial charge on any atom is 0.262 e. The number of nitrogens with one attached hydrogen (secondary N) is 1. The molecule has 1 amide bonds. The van der Waals surface area contributed by atoms with Gasteiger partial charge < -0.3 is 10.4 Å². The van der Waals surface area contributed by atoms with Crippen molar-refractivity contribution in [2.45, 2.75) is 6.17 Å². The summed E-state index contributed by atoms with van der Waals surface area (Å²) in [5.41, 5.74) is 1.16. The first-order chi connectivity index (χ1) is 13.5. The van der Waals surface area contributed by atoms with E-state index < -0.39 is 28.3 Å². The third-order valence-electron chi connectivity index (χ3n) is 4.53. The number of fused-ring (bicyclic) bond motifs is 1. The second kappa shape index (κ2) is 6.66. The summed E-state index contributed by atoms with van der Waals surface area (Å²) >= 11 is 0. The van der Waals surface area contributed by atoms with Crippen LogP contribution in [-0.4, -0.2) is 10.8 Å². The third kappa shape index (κ3) is 2.90. The number of nitrogens with zero attached hydrogens (tertiary/aromatic N) is 2. The Morgan fingerprint density at radius 2 is 1.75 bits per heavy atom. The normalized spacial score (nSPS) is 15.7. The van der Waals surface area contributed by atoms with Gasteiger partial charge in [0.05, 0.1) is 10.5 Å². The average molecular weight is 378 g/mol. The van der Waals surface area contributed by atoms with Crippen molar-refractivity contribution >= 4 is 23.0 Å². The largest absolute Gasteiger partial charge is 0.868 e. The summed E-state index contributed by atoms with van der Waals surface area (Å²) < 4.78 is 13.4. The van der Waals surface area contributed by atoms with E-state index in [0.29, 0.717) is 22.5 Å². The summed E-state index contributed by atoms with van der Waals surface area (Å²) in [5, 5.41) is 26.1. The topological polar surface area (TPSA) is 98.5 Å². The highest BCUT2D eigenvalue weighted by Gasteiger charge is 2.34. The smallest absolute Gasteiger partial charge is 0.262 e. The van der Waals surface area contributed by atoms with E-state index in [9.17, 15) is 24.4 Å². The highest BCUT2D eigenvalue weighted by Crippen LogP contribution is 2.38. The predicted octanol–water partition coefficient (Wildman–Crippen LogP) is 3.58. The molecule has 0 fully saturated rings. The monoisotopic (exact) mass is 378 g/mol. The molecule has 3 aromatic rings. The van der Waals surface area contributed by atoms with Crippen LogP contribution in [-0.2, 0) is 0 Å². The highest BCUT2D eigenvalue weighted by molar-refractivity contribution is 6.12. The molecule has 8 heteroatoms. The van der Waals surface area contributed by atoms with Crippen LogP contribution in [0.1, 0.15) is 22.1 Å². The minimum Gasteiger partial charge on any atom is -0.868 e. The fraction of sp³-hybridized carbons (Fsp3) is 0.0500. The molecule has 28 heavy (non-hydrogen) atoms. The Morgan fingerprint density at radius 3 is 2.46 bits per heavy atom. The third-order valence-corrected chi connectivity index (χ3v) is 4.53. The zero-order valence-electron chi connectivity index (χ0n) is 14.3. The highest BCUT2D eigenvalue weighted by atomic mass is 19.1. The first-order valence-corrected chi connectivity index (χ1v) is 8.36. The molecule has 0 bridgehead atoms. The summed E-state index contributed by atoms with van der Waals surface area (Å²) in [6.07, 6.45) is -0.813. The number of rotatable bonds is 3. The van der Waals surface area contributed by atoms with Crippen molar-refractivity contribution in [3.05, 3.63) is 93.8 Å². The number of carbonyl (C=O) groups is 1. The van der Waals surface area contributed by atoms with Crippen LogP contribution in [0.2, 0.25) is 0 Å². The van der Waals surface area contributed by atoms with Gasteiger partial charge in [-0.1, -0.05) is 24.3 Å². The molecule has 7 nitrogen and oxygen atoms in total. The lowest BCUT2D eigenvalue weighted by Crippen LogP contribution is -2.43. The molecule has 0 unspecified atom stereocenters. The van der Waals surface area contributed by atoms with Crippen LogP contribution >= 0.6 is 0 Å². The van der Waals surface area contributed by atoms with Crippen molar-refractivity contribution < 1.29 is 19.2 Å². The first-order valence-electron chi connectivity index (χ1n) is 8.36. The predicted molar refractivity (Wildman–Crippen MR) is 98.6 cm³/mol. The Hall–Kier alpha value is -3.94. The van der Waals surface area contributed by atoms with Crippen molar-refractivity contribution in [3.8, 4) is 5.75 Å². The summed E-state index contributed by atoms with van der Waals surface area (Å²) in [5.74, 6) is -1.52. The van der Waals surface area contributed by atoms with Gasteiger partial charge in [0.25, 0.3) is 11.6 Å². The second-order valence-electron chi connectivity index (χ2n) is 6.23. The van der Waals surface area contributed by atoms with Gasteiger partial charge in [-0.25, -0.2) is 4.39 Å². The van der Waals surface area contributed by atoms with E-state index in [1.54, 1.807) is 24.3 Å². The van der Waals surface area contributed by atoms with Crippen molar-refractivity contribution in [1.29, 1.82) is 0 Å². The van der Waals surface area contributed by atoms with Crippen LogP contribution in [0, 0.1) is 15.9 Å². The van der Waals surface area contributed by atoms with Crippen molar-refractivity contribution in [2.24, 2.45) is 0 Å². The Bertz CT molecular complexity index is 1090. The molecule has 4 rings (SSSR count). The van der Waals surface area contributed by atoms with E-state index >= 15 is 0 Å². The molecule has 1 atom stereocenters. The molecular formula is C20H13FN3O4-. The van der Waals surface area contributed by atoms with E-state index in [-0.39, 0.29) is 5.91 Å². The average Bonchev–Trinajstić information content (AvgIpc) is 2.69. The molecule has 0 saturated heterocycles. The van der Waals surface area contributed by atoms with Gasteiger partial charge in [-0.05, 0) is 42.1 Å². The van der Waals surface area contributed by atoms with Crippen molar-refractivity contribution in [3.63, 3.8) is 0 Å². The molecule has 0 aliphatic carbocycles. The molecule has 3 aromatic carbocycles. The van der Waals surface area contributed by atoms with E-state index in [1.807, 2.05) is 0 Å². The first kappa shape index (κ1) is 17.5. The Morgan fingerprint density at radius 1 is 1.04 bits per heavy atom. The molecule has 0 spiro atoms. The van der Waals surface area contributed by atoms with Crippen LogP contribution < -0.4 is 15.3 Å². The zero-order valence-corrected chi connectivity index (χ0v) is 14.3. The molecule has 0 saturated carbocycles. The molecule has 1 heterocycles. The summed E-state index contributed by atoms with van der Waals surface area (Å²) in [6, 6.07) is 15.9. The number of nitro groups is 1. The standard InChI is InChI=1S/C20H14FN3O4/c21-13-6-8-14(9-7-13)23-19(12-5-10-18(25)17(11-12)24(27)28)22-16-4-2-1-3-15(16)20(23)26/h1-11,19,22,25H/p-1/t19-/m0/s1. The maximum absolute atomic E-state index is 13.4. The molecule has 0 aromatic heterocycles. The van der Waals surface area contributed by atoms with Crippen LogP contribution in [0.5, 0.6) is 5.75 Å². The Labute approximate surface area is 158 Å². The number of para-hydroxylation sites is 1. The summed E-state index contributed by atoms with van der Waals surface area (Å²) in [6.45, 7) is 0. The van der Waals surface area contributed by atoms with Gasteiger partial charge in [-0.3, -0.25) is 19.8 Å². The lowest BCUT2D eigenvalue weighted by molar-refractivity contribution is -0.398. The summed E-state index contributed by atoms with van der Waals surface area (Å²) in [7, 11) is 0. The fourth-order valence-electron chi connectivity index (χ4n) is 3.20.